The smallest absolute Gasteiger partial charge is 0.295 e. The van der Waals surface area contributed by atoms with Crippen molar-refractivity contribution in [3.05, 3.63) is 89.4 Å². The first-order valence-corrected chi connectivity index (χ1v) is 12.8. The zero-order valence-corrected chi connectivity index (χ0v) is 21.8. The van der Waals surface area contributed by atoms with E-state index in [0.29, 0.717) is 54.5 Å². The van der Waals surface area contributed by atoms with Crippen LogP contribution >= 0.6 is 0 Å². The Hall–Kier alpha value is -4.40. The highest BCUT2D eigenvalue weighted by molar-refractivity contribution is 6.46. The molecule has 9 heteroatoms. The van der Waals surface area contributed by atoms with E-state index in [1.54, 1.807) is 17.4 Å². The molecule has 9 nitrogen and oxygen atoms in total. The quantitative estimate of drug-likeness (QED) is 0.202. The Morgan fingerprint density at radius 1 is 1.11 bits per heavy atom. The molecular formula is C29H31N5O4. The minimum atomic E-state index is -0.770. The maximum absolute atomic E-state index is 13.5. The number of hydrogen-bond acceptors (Lipinski definition) is 6. The van der Waals surface area contributed by atoms with Crippen LogP contribution in [0.5, 0.6) is 5.75 Å². The molecule has 1 N–H and O–H groups in total. The number of carbonyl (C=O) groups is 2. The summed E-state index contributed by atoms with van der Waals surface area (Å²) in [6.45, 7) is 7.32. The molecule has 196 valence electrons. The molecule has 4 aromatic rings. The number of likely N-dealkylation sites (tertiary alicyclic amines) is 1. The third-order valence-corrected chi connectivity index (χ3v) is 6.87. The predicted octanol–water partition coefficient (Wildman–Crippen LogP) is 4.45. The normalized spacial score (nSPS) is 17.0. The molecular weight excluding hydrogens is 482 g/mol. The number of carbonyl (C=O) groups excluding carboxylic acids is 2. The summed E-state index contributed by atoms with van der Waals surface area (Å²) in [7, 11) is 0. The third-order valence-electron chi connectivity index (χ3n) is 6.87. The highest BCUT2D eigenvalue weighted by atomic mass is 16.5. The first kappa shape index (κ1) is 25.3. The van der Waals surface area contributed by atoms with E-state index in [1.807, 2.05) is 78.5 Å². The fraction of sp³-hybridized carbons (Fsp3) is 0.310. The minimum Gasteiger partial charge on any atom is -0.505 e. The van der Waals surface area contributed by atoms with Crippen LogP contribution in [0.1, 0.15) is 48.3 Å². The molecule has 1 amide bonds. The van der Waals surface area contributed by atoms with E-state index in [1.165, 1.54) is 0 Å². The van der Waals surface area contributed by atoms with E-state index < -0.39 is 17.7 Å². The van der Waals surface area contributed by atoms with Crippen molar-refractivity contribution in [1.82, 2.24) is 23.8 Å². The van der Waals surface area contributed by atoms with Gasteiger partial charge in [0.15, 0.2) is 5.76 Å². The van der Waals surface area contributed by atoms with Gasteiger partial charge in [-0.25, -0.2) is 9.97 Å². The highest BCUT2D eigenvalue weighted by Gasteiger charge is 2.46. The van der Waals surface area contributed by atoms with Crippen molar-refractivity contribution in [2.24, 2.45) is 0 Å². The molecule has 5 rings (SSSR count). The summed E-state index contributed by atoms with van der Waals surface area (Å²) in [5.74, 6) is -0.985. The number of benzene rings is 1. The molecule has 0 bridgehead atoms. The van der Waals surface area contributed by atoms with Crippen LogP contribution in [-0.4, -0.2) is 53.8 Å². The molecule has 1 aliphatic rings. The standard InChI is InChI=1S/C29H31N5O4/c1-4-16-38-22-10-5-9-21(17-22)25-23(26(35)24-20(3)33-13-6-8-19(2)28(33)31-24)27(36)29(37)34(25)14-7-12-32-15-11-30-18-32/h5-6,8-11,13,15,17-18,25,35H,4,7,12,14,16H2,1-3H3/b26-23+. The zero-order valence-electron chi connectivity index (χ0n) is 21.8. The summed E-state index contributed by atoms with van der Waals surface area (Å²) >= 11 is 0. The molecule has 0 saturated carbocycles. The van der Waals surface area contributed by atoms with Crippen molar-refractivity contribution in [2.45, 2.75) is 46.2 Å². The van der Waals surface area contributed by atoms with Crippen LogP contribution in [0.15, 0.2) is 66.9 Å². The second-order valence-corrected chi connectivity index (χ2v) is 9.50. The van der Waals surface area contributed by atoms with Gasteiger partial charge in [-0.2, -0.15) is 0 Å². The first-order valence-electron chi connectivity index (χ1n) is 12.8. The number of fused-ring (bicyclic) bond motifs is 1. The average Bonchev–Trinajstić information content (AvgIpc) is 3.62. The number of aromatic nitrogens is 4. The van der Waals surface area contributed by atoms with Crippen molar-refractivity contribution in [2.75, 3.05) is 13.2 Å². The van der Waals surface area contributed by atoms with Gasteiger partial charge in [-0.15, -0.1) is 0 Å². The van der Waals surface area contributed by atoms with Crippen molar-refractivity contribution in [1.29, 1.82) is 0 Å². The lowest BCUT2D eigenvalue weighted by Crippen LogP contribution is -2.31. The van der Waals surface area contributed by atoms with Gasteiger partial charge in [0.05, 0.1) is 30.2 Å². The van der Waals surface area contributed by atoms with Gasteiger partial charge in [0.1, 0.15) is 17.1 Å². The molecule has 1 fully saturated rings. The third kappa shape index (κ3) is 4.55. The van der Waals surface area contributed by atoms with E-state index in [-0.39, 0.29) is 11.3 Å². The van der Waals surface area contributed by atoms with Crippen LogP contribution in [0, 0.1) is 13.8 Å². The number of aliphatic hydroxyl groups is 1. The van der Waals surface area contributed by atoms with Gasteiger partial charge in [-0.1, -0.05) is 25.1 Å². The van der Waals surface area contributed by atoms with Crippen molar-refractivity contribution < 1.29 is 19.4 Å². The number of rotatable bonds is 9. The first-order chi connectivity index (χ1) is 18.4. The molecule has 38 heavy (non-hydrogen) atoms. The van der Waals surface area contributed by atoms with E-state index in [2.05, 4.69) is 9.97 Å². The number of pyridine rings is 1. The summed E-state index contributed by atoms with van der Waals surface area (Å²) < 4.78 is 9.63. The van der Waals surface area contributed by atoms with Crippen molar-refractivity contribution in [3.8, 4) is 5.75 Å². The van der Waals surface area contributed by atoms with Crippen LogP contribution in [0.25, 0.3) is 11.4 Å². The Morgan fingerprint density at radius 3 is 2.68 bits per heavy atom. The Bertz CT molecular complexity index is 1520. The summed E-state index contributed by atoms with van der Waals surface area (Å²) in [4.78, 5) is 37.1. The maximum atomic E-state index is 13.5. The van der Waals surface area contributed by atoms with Crippen LogP contribution in [0.3, 0.4) is 0 Å². The molecule has 1 saturated heterocycles. The molecule has 1 aromatic carbocycles. The SMILES string of the molecule is CCCOc1cccc(C2/C(=C(\O)c3nc4c(C)cccn4c3C)C(=O)C(=O)N2CCCn2ccnc2)c1. The minimum absolute atomic E-state index is 0.0365. The number of ketones is 1. The Morgan fingerprint density at radius 2 is 1.95 bits per heavy atom. The molecule has 0 radical (unpaired) electrons. The Kier molecular flexibility index (Phi) is 7.00. The van der Waals surface area contributed by atoms with Crippen LogP contribution in [-0.2, 0) is 16.1 Å². The second-order valence-electron chi connectivity index (χ2n) is 9.50. The number of nitrogens with zero attached hydrogens (tertiary/aromatic N) is 5. The Balaban J connectivity index is 1.60. The van der Waals surface area contributed by atoms with Gasteiger partial charge in [-0.05, 0) is 56.0 Å². The van der Waals surface area contributed by atoms with Gasteiger partial charge < -0.3 is 23.7 Å². The number of amides is 1. The lowest BCUT2D eigenvalue weighted by Gasteiger charge is -2.25. The van der Waals surface area contributed by atoms with Gasteiger partial charge in [0.2, 0.25) is 0 Å². The largest absolute Gasteiger partial charge is 0.505 e. The fourth-order valence-electron chi connectivity index (χ4n) is 4.97. The molecule has 1 aliphatic heterocycles. The number of imidazole rings is 2. The lowest BCUT2D eigenvalue weighted by molar-refractivity contribution is -0.139. The maximum Gasteiger partial charge on any atom is 0.295 e. The van der Waals surface area contributed by atoms with Crippen LogP contribution in [0.4, 0.5) is 0 Å². The molecule has 4 heterocycles. The van der Waals surface area contributed by atoms with E-state index in [9.17, 15) is 14.7 Å². The molecule has 1 atom stereocenters. The number of ether oxygens (including phenoxy) is 1. The van der Waals surface area contributed by atoms with Crippen molar-refractivity contribution in [3.63, 3.8) is 0 Å². The molecule has 0 aliphatic carbocycles. The summed E-state index contributed by atoms with van der Waals surface area (Å²) in [6.07, 6.45) is 8.60. The Labute approximate surface area is 221 Å². The zero-order chi connectivity index (χ0) is 26.8. The molecule has 3 aromatic heterocycles. The van der Waals surface area contributed by atoms with E-state index in [4.69, 9.17) is 4.74 Å². The van der Waals surface area contributed by atoms with Gasteiger partial charge in [0, 0.05) is 31.7 Å². The van der Waals surface area contributed by atoms with Gasteiger partial charge in [-0.3, -0.25) is 9.59 Å². The average molecular weight is 514 g/mol. The topological polar surface area (TPSA) is 102 Å². The van der Waals surface area contributed by atoms with Gasteiger partial charge >= 0.3 is 0 Å². The number of aryl methyl sites for hydroxylation is 3. The predicted molar refractivity (Wildman–Crippen MR) is 143 cm³/mol. The van der Waals surface area contributed by atoms with Crippen LogP contribution in [0.2, 0.25) is 0 Å². The monoisotopic (exact) mass is 513 g/mol. The summed E-state index contributed by atoms with van der Waals surface area (Å²) in [5.41, 5.74) is 3.33. The fourth-order valence-corrected chi connectivity index (χ4v) is 4.97. The summed E-state index contributed by atoms with van der Waals surface area (Å²) in [5, 5.41) is 11.6. The van der Waals surface area contributed by atoms with Crippen molar-refractivity contribution >= 4 is 23.1 Å². The van der Waals surface area contributed by atoms with E-state index in [0.717, 1.165) is 12.0 Å². The number of hydrogen-bond donors (Lipinski definition) is 1. The molecule has 1 unspecified atom stereocenters. The highest BCUT2D eigenvalue weighted by Crippen LogP contribution is 2.40. The second kappa shape index (κ2) is 10.5. The lowest BCUT2D eigenvalue weighted by atomic mass is 9.96. The number of Topliss-reactive ketones (excluding diaryl/α,β-unsaturated/α-hetero) is 1. The van der Waals surface area contributed by atoms with Gasteiger partial charge in [0.25, 0.3) is 11.7 Å². The van der Waals surface area contributed by atoms with Crippen LogP contribution < -0.4 is 4.74 Å². The number of aliphatic hydroxyl groups excluding tert-OH is 1. The summed E-state index contributed by atoms with van der Waals surface area (Å²) in [6, 6.07) is 10.4. The molecule has 0 spiro atoms. The van der Waals surface area contributed by atoms with E-state index >= 15 is 0 Å².